The molecule has 9 heteroatoms. The van der Waals surface area contributed by atoms with Crippen LogP contribution in [-0.2, 0) is 33.9 Å². The molecular formula is C25H26ClN3O5. The van der Waals surface area contributed by atoms with Crippen molar-refractivity contribution in [3.8, 4) is 5.75 Å². The summed E-state index contributed by atoms with van der Waals surface area (Å²) in [5, 5.41) is 9.66. The Morgan fingerprint density at radius 2 is 1.88 bits per heavy atom. The number of benzene rings is 2. The second-order valence-corrected chi connectivity index (χ2v) is 8.75. The van der Waals surface area contributed by atoms with E-state index in [0.29, 0.717) is 36.8 Å². The number of imidazole rings is 1. The summed E-state index contributed by atoms with van der Waals surface area (Å²) in [5.41, 5.74) is 2.68. The van der Waals surface area contributed by atoms with E-state index >= 15 is 0 Å². The summed E-state index contributed by atoms with van der Waals surface area (Å²) in [5.74, 6) is -0.142. The zero-order valence-corrected chi connectivity index (χ0v) is 19.5. The first-order valence-corrected chi connectivity index (χ1v) is 11.4. The number of aromatic nitrogens is 2. The number of hydrogen-bond acceptors (Lipinski definition) is 6. The maximum atomic E-state index is 12.5. The maximum absolute atomic E-state index is 12.5. The third-order valence-corrected chi connectivity index (χ3v) is 6.31. The SMILES string of the molecule is CCOC(=O)C1(Cc2ccc(OCc3nccn3Cc3ccc(Cl)cc3)cc2)CC1C(=O)NO. The van der Waals surface area contributed by atoms with Gasteiger partial charge in [-0.3, -0.25) is 14.8 Å². The predicted molar refractivity (Wildman–Crippen MR) is 124 cm³/mol. The van der Waals surface area contributed by atoms with Crippen LogP contribution in [0.25, 0.3) is 0 Å². The van der Waals surface area contributed by atoms with Crippen molar-refractivity contribution in [1.29, 1.82) is 0 Å². The summed E-state index contributed by atoms with van der Waals surface area (Å²) >= 11 is 5.96. The molecule has 0 radical (unpaired) electrons. The summed E-state index contributed by atoms with van der Waals surface area (Å²) in [7, 11) is 0. The summed E-state index contributed by atoms with van der Waals surface area (Å²) in [6, 6.07) is 15.0. The van der Waals surface area contributed by atoms with Crippen LogP contribution < -0.4 is 10.2 Å². The van der Waals surface area contributed by atoms with Crippen LogP contribution in [0.4, 0.5) is 0 Å². The minimum absolute atomic E-state index is 0.231. The highest BCUT2D eigenvalue weighted by atomic mass is 35.5. The van der Waals surface area contributed by atoms with E-state index in [1.807, 2.05) is 59.3 Å². The first-order valence-electron chi connectivity index (χ1n) is 11.0. The van der Waals surface area contributed by atoms with Gasteiger partial charge in [-0.05, 0) is 55.2 Å². The highest BCUT2D eigenvalue weighted by Gasteiger charge is 2.64. The second kappa shape index (κ2) is 10.3. The maximum Gasteiger partial charge on any atom is 0.313 e. The Labute approximate surface area is 202 Å². The van der Waals surface area contributed by atoms with Crippen molar-refractivity contribution in [2.75, 3.05) is 6.61 Å². The van der Waals surface area contributed by atoms with Crippen LogP contribution in [0, 0.1) is 11.3 Å². The molecule has 0 aliphatic heterocycles. The van der Waals surface area contributed by atoms with Crippen molar-refractivity contribution >= 4 is 23.5 Å². The number of nitrogens with zero attached hydrogens (tertiary/aromatic N) is 2. The molecule has 1 aliphatic carbocycles. The van der Waals surface area contributed by atoms with Crippen LogP contribution in [0.1, 0.15) is 30.3 Å². The molecule has 34 heavy (non-hydrogen) atoms. The number of nitrogens with one attached hydrogen (secondary N) is 1. The lowest BCUT2D eigenvalue weighted by molar-refractivity contribution is -0.152. The van der Waals surface area contributed by atoms with Gasteiger partial charge in [0.2, 0.25) is 5.91 Å². The molecule has 1 saturated carbocycles. The molecule has 0 saturated heterocycles. The smallest absolute Gasteiger partial charge is 0.313 e. The molecule has 2 aromatic carbocycles. The van der Waals surface area contributed by atoms with Gasteiger partial charge in [-0.25, -0.2) is 10.5 Å². The fourth-order valence-corrected chi connectivity index (χ4v) is 4.25. The molecule has 0 spiro atoms. The van der Waals surface area contributed by atoms with E-state index in [4.69, 9.17) is 26.3 Å². The number of carbonyl (C=O) groups excluding carboxylic acids is 2. The molecule has 1 heterocycles. The van der Waals surface area contributed by atoms with Gasteiger partial charge in [0, 0.05) is 24.0 Å². The monoisotopic (exact) mass is 483 g/mol. The zero-order chi connectivity index (χ0) is 24.1. The van der Waals surface area contributed by atoms with Gasteiger partial charge >= 0.3 is 5.97 Å². The Bertz CT molecular complexity index is 1150. The average Bonchev–Trinajstić information content (AvgIpc) is 3.41. The number of carbonyl (C=O) groups is 2. The van der Waals surface area contributed by atoms with Crippen molar-refractivity contribution in [2.45, 2.75) is 32.9 Å². The van der Waals surface area contributed by atoms with Gasteiger partial charge in [0.25, 0.3) is 0 Å². The first kappa shape index (κ1) is 23.8. The molecule has 2 atom stereocenters. The number of esters is 1. The molecule has 8 nitrogen and oxygen atoms in total. The molecule has 2 unspecified atom stereocenters. The van der Waals surface area contributed by atoms with Gasteiger partial charge in [0.1, 0.15) is 18.2 Å². The molecule has 4 rings (SSSR count). The molecule has 2 N–H and O–H groups in total. The van der Waals surface area contributed by atoms with Crippen molar-refractivity contribution in [2.24, 2.45) is 11.3 Å². The average molecular weight is 484 g/mol. The van der Waals surface area contributed by atoms with Crippen LogP contribution >= 0.6 is 11.6 Å². The van der Waals surface area contributed by atoms with Crippen LogP contribution in [-0.4, -0.2) is 33.2 Å². The lowest BCUT2D eigenvalue weighted by atomic mass is 9.93. The Hall–Kier alpha value is -3.36. The van der Waals surface area contributed by atoms with Crippen LogP contribution in [0.3, 0.4) is 0 Å². The van der Waals surface area contributed by atoms with E-state index in [0.717, 1.165) is 17.0 Å². The molecule has 1 aliphatic rings. The Morgan fingerprint density at radius 3 is 2.56 bits per heavy atom. The minimum atomic E-state index is -0.947. The highest BCUT2D eigenvalue weighted by Crippen LogP contribution is 2.55. The first-order chi connectivity index (χ1) is 16.4. The van der Waals surface area contributed by atoms with Crippen LogP contribution in [0.15, 0.2) is 60.9 Å². The fourth-order valence-electron chi connectivity index (χ4n) is 4.12. The normalized spacial score (nSPS) is 18.9. The van der Waals surface area contributed by atoms with Crippen LogP contribution in [0.5, 0.6) is 5.75 Å². The predicted octanol–water partition coefficient (Wildman–Crippen LogP) is 3.78. The van der Waals surface area contributed by atoms with Gasteiger partial charge < -0.3 is 14.0 Å². The number of ether oxygens (including phenoxy) is 2. The van der Waals surface area contributed by atoms with E-state index in [-0.39, 0.29) is 6.61 Å². The van der Waals surface area contributed by atoms with Crippen LogP contribution in [0.2, 0.25) is 5.02 Å². The minimum Gasteiger partial charge on any atom is -0.486 e. The van der Waals surface area contributed by atoms with Gasteiger partial charge in [0.05, 0.1) is 17.9 Å². The van der Waals surface area contributed by atoms with Crippen molar-refractivity contribution in [3.63, 3.8) is 0 Å². The molecule has 0 bridgehead atoms. The largest absolute Gasteiger partial charge is 0.486 e. The molecular weight excluding hydrogens is 458 g/mol. The van der Waals surface area contributed by atoms with Gasteiger partial charge in [-0.15, -0.1) is 0 Å². The number of halogens is 1. The lowest BCUT2D eigenvalue weighted by Gasteiger charge is -2.16. The summed E-state index contributed by atoms with van der Waals surface area (Å²) in [4.78, 5) is 28.8. The Balaban J connectivity index is 1.37. The van der Waals surface area contributed by atoms with Gasteiger partial charge in [-0.1, -0.05) is 35.9 Å². The van der Waals surface area contributed by atoms with Crippen molar-refractivity contribution in [1.82, 2.24) is 15.0 Å². The molecule has 3 aromatic rings. The van der Waals surface area contributed by atoms with E-state index in [9.17, 15) is 9.59 Å². The Morgan fingerprint density at radius 1 is 1.18 bits per heavy atom. The quantitative estimate of drug-likeness (QED) is 0.258. The van der Waals surface area contributed by atoms with E-state index < -0.39 is 23.2 Å². The summed E-state index contributed by atoms with van der Waals surface area (Å²) in [6.45, 7) is 2.91. The molecule has 1 amide bonds. The van der Waals surface area contributed by atoms with E-state index in [1.54, 1.807) is 18.6 Å². The number of hydrogen-bond donors (Lipinski definition) is 2. The zero-order valence-electron chi connectivity index (χ0n) is 18.7. The molecule has 178 valence electrons. The Kier molecular flexibility index (Phi) is 7.19. The fraction of sp³-hybridized carbons (Fsp3) is 0.320. The number of amides is 1. The number of rotatable bonds is 10. The summed E-state index contributed by atoms with van der Waals surface area (Å²) < 4.78 is 13.1. The van der Waals surface area contributed by atoms with Crippen molar-refractivity contribution in [3.05, 3.63) is 82.9 Å². The van der Waals surface area contributed by atoms with Gasteiger partial charge in [-0.2, -0.15) is 0 Å². The van der Waals surface area contributed by atoms with Crippen molar-refractivity contribution < 1.29 is 24.3 Å². The third-order valence-electron chi connectivity index (χ3n) is 6.06. The van der Waals surface area contributed by atoms with Gasteiger partial charge in [0.15, 0.2) is 0 Å². The second-order valence-electron chi connectivity index (χ2n) is 8.32. The summed E-state index contributed by atoms with van der Waals surface area (Å²) in [6.07, 6.45) is 4.32. The highest BCUT2D eigenvalue weighted by molar-refractivity contribution is 6.30. The van der Waals surface area contributed by atoms with E-state index in [1.165, 1.54) is 0 Å². The number of hydroxylamine groups is 1. The molecule has 1 aromatic heterocycles. The standard InChI is InChI=1S/C25H26ClN3O5/c1-2-33-24(31)25(14-21(25)23(30)28-32)13-17-5-9-20(10-6-17)34-16-22-27-11-12-29(22)15-18-3-7-19(26)8-4-18/h3-12,21,32H,2,13-16H2,1H3,(H,28,30). The lowest BCUT2D eigenvalue weighted by Crippen LogP contribution is -2.30. The topological polar surface area (TPSA) is 103 Å². The third kappa shape index (κ3) is 5.24. The van der Waals surface area contributed by atoms with E-state index in [2.05, 4.69) is 4.98 Å². The molecule has 1 fully saturated rings.